The Morgan fingerprint density at radius 3 is 1.26 bits per heavy atom. The number of carbonyl (C=O) groups excluding carboxylic acids is 1. The molecule has 2 saturated heterocycles. The van der Waals surface area contributed by atoms with E-state index in [1.807, 2.05) is 121 Å². The lowest BCUT2D eigenvalue weighted by atomic mass is 9.95. The molecule has 10 atom stereocenters. The molecule has 2 heterocycles. The monoisotopic (exact) mass is 1500 g/mol. The summed E-state index contributed by atoms with van der Waals surface area (Å²) < 4.78 is 92.6. The molecule has 0 aliphatic carbocycles. The highest BCUT2D eigenvalue weighted by Crippen LogP contribution is 2.35. The van der Waals surface area contributed by atoms with E-state index in [9.17, 15) is 9.90 Å². The van der Waals surface area contributed by atoms with Gasteiger partial charge < -0.3 is 81.5 Å². The van der Waals surface area contributed by atoms with Gasteiger partial charge in [0, 0.05) is 18.4 Å². The summed E-state index contributed by atoms with van der Waals surface area (Å²) in [5, 5.41) is 14.6. The fourth-order valence-electron chi connectivity index (χ4n) is 8.93. The quantitative estimate of drug-likeness (QED) is 0.0186. The summed E-state index contributed by atoms with van der Waals surface area (Å²) in [4.78, 5) is 37.1. The molecule has 4 aromatic carbocycles. The number of rotatable bonds is 51. The average molecular weight is 1500 g/mol. The standard InChI is InChI=1S/C62H87I2NO21S2/c1-48(66)65-55-58(78-44-51-18-10-4-11-19-51)57(53(83-61(55)67)46-76-42-49-14-6-2-7-15-49)85-62-60(79-45-52-20-12-5-13-21-52)59(86-81-37-35-73-29-27-69-23-25-71-31-33-75-39-41-88-64)56(77-43-50-16-8-3-9-17-50)54(84-62)47-82-80-36-34-72-28-26-68-22-24-70-30-32-74-38-40-87-63/h2-21,53-62,67H,22-47H2,1H3,(H,65,66). The van der Waals surface area contributed by atoms with E-state index in [-0.39, 0.29) is 66.1 Å². The van der Waals surface area contributed by atoms with Crippen molar-refractivity contribution in [3.8, 4) is 0 Å². The van der Waals surface area contributed by atoms with Crippen molar-refractivity contribution in [1.82, 2.24) is 5.32 Å². The van der Waals surface area contributed by atoms with Gasteiger partial charge in [0.05, 0.1) is 139 Å². The number of hydrogen-bond donors (Lipinski definition) is 2. The maximum atomic E-state index is 13.0. The summed E-state index contributed by atoms with van der Waals surface area (Å²) in [6.07, 6.45) is -10.3. The Kier molecular flexibility index (Phi) is 41.1. The number of halogens is 2. The molecule has 2 fully saturated rings. The molecule has 4 aromatic rings. The van der Waals surface area contributed by atoms with Crippen molar-refractivity contribution >= 4 is 66.2 Å². The van der Waals surface area contributed by atoms with Crippen LogP contribution in [-0.4, -0.2) is 216 Å². The highest BCUT2D eigenvalue weighted by molar-refractivity contribution is 14.2. The largest absolute Gasteiger partial charge is 0.378 e. The highest BCUT2D eigenvalue weighted by atomic mass is 127. The Balaban J connectivity index is 1.21. The summed E-state index contributed by atoms with van der Waals surface area (Å²) in [6.45, 7) is 8.45. The van der Waals surface area contributed by atoms with Crippen molar-refractivity contribution in [2.45, 2.75) is 94.7 Å². The maximum absolute atomic E-state index is 13.0. The normalized spacial score (nSPS) is 22.0. The van der Waals surface area contributed by atoms with E-state index in [2.05, 4.69) is 47.7 Å². The van der Waals surface area contributed by atoms with Crippen LogP contribution in [0.2, 0.25) is 0 Å². The number of hydrogen-bond acceptors (Lipinski definition) is 23. The second-order valence-electron chi connectivity index (χ2n) is 19.7. The Labute approximate surface area is 550 Å². The molecule has 0 aromatic heterocycles. The average Bonchev–Trinajstić information content (AvgIpc) is 2.87. The van der Waals surface area contributed by atoms with Crippen LogP contribution in [0.3, 0.4) is 0 Å². The molecule has 88 heavy (non-hydrogen) atoms. The number of carbonyl (C=O) groups is 1. The van der Waals surface area contributed by atoms with Gasteiger partial charge in [0.1, 0.15) is 62.5 Å². The molecule has 2 aliphatic rings. The molecule has 0 spiro atoms. The van der Waals surface area contributed by atoms with Gasteiger partial charge in [-0.15, -0.1) is 0 Å². The number of aliphatic hydroxyl groups excluding tert-OH is 1. The summed E-state index contributed by atoms with van der Waals surface area (Å²) in [5.41, 5.74) is 3.45. The SMILES string of the molecule is CC(=O)NC1C(O)OC(COCc2ccccc2)C(OC2OC(COOCCOCCOCCOCCOCCSI)C(OCc3ccccc3)C(OOCCOCCOCCOCCOCCSI)C2OCc2ccccc2)C1OCc1ccccc1. The first kappa shape index (κ1) is 74.7. The fraction of sp³-hybridized carbons (Fsp3) is 0.597. The molecule has 0 bridgehead atoms. The number of nitrogens with one attached hydrogen (secondary N) is 1. The number of aliphatic hydroxyl groups is 1. The zero-order valence-electron chi connectivity index (χ0n) is 49.9. The molecular formula is C62H87I2NO21S2. The van der Waals surface area contributed by atoms with Crippen LogP contribution in [0.15, 0.2) is 121 Å². The predicted molar refractivity (Wildman–Crippen MR) is 345 cm³/mol. The van der Waals surface area contributed by atoms with Crippen LogP contribution in [0.5, 0.6) is 0 Å². The molecule has 2 aliphatic heterocycles. The van der Waals surface area contributed by atoms with Gasteiger partial charge in [-0.3, -0.25) is 4.79 Å². The van der Waals surface area contributed by atoms with Gasteiger partial charge >= 0.3 is 0 Å². The molecule has 0 radical (unpaired) electrons. The van der Waals surface area contributed by atoms with Gasteiger partial charge in [-0.1, -0.05) is 139 Å². The Morgan fingerprint density at radius 1 is 0.432 bits per heavy atom. The first-order valence-electron chi connectivity index (χ1n) is 29.5. The van der Waals surface area contributed by atoms with Crippen LogP contribution in [0, 0.1) is 0 Å². The predicted octanol–water partition coefficient (Wildman–Crippen LogP) is 7.86. The maximum Gasteiger partial charge on any atom is 0.217 e. The van der Waals surface area contributed by atoms with E-state index < -0.39 is 67.3 Å². The van der Waals surface area contributed by atoms with Gasteiger partial charge in [0.15, 0.2) is 18.7 Å². The third-order valence-electron chi connectivity index (χ3n) is 13.1. The smallest absolute Gasteiger partial charge is 0.217 e. The van der Waals surface area contributed by atoms with Crippen LogP contribution in [0.1, 0.15) is 29.2 Å². The molecule has 0 saturated carbocycles. The van der Waals surface area contributed by atoms with Gasteiger partial charge in [-0.25, -0.2) is 19.6 Å². The van der Waals surface area contributed by atoms with Crippen LogP contribution in [0.25, 0.3) is 0 Å². The summed E-state index contributed by atoms with van der Waals surface area (Å²) in [7, 11) is 3.42. The lowest BCUT2D eigenvalue weighted by Crippen LogP contribution is -2.68. The fourth-order valence-corrected chi connectivity index (χ4v) is 10.4. The number of benzene rings is 4. The van der Waals surface area contributed by atoms with Crippen LogP contribution < -0.4 is 5.32 Å². The third kappa shape index (κ3) is 31.1. The first-order chi connectivity index (χ1) is 43.4. The second-order valence-corrected chi connectivity index (χ2v) is 24.7. The molecule has 1 amide bonds. The molecule has 492 valence electrons. The second kappa shape index (κ2) is 48.4. The van der Waals surface area contributed by atoms with E-state index in [1.54, 1.807) is 17.9 Å². The van der Waals surface area contributed by atoms with Crippen molar-refractivity contribution in [1.29, 1.82) is 0 Å². The molecular weight excluding hydrogens is 1410 g/mol. The minimum atomic E-state index is -1.54. The van der Waals surface area contributed by atoms with Crippen molar-refractivity contribution in [3.05, 3.63) is 144 Å². The van der Waals surface area contributed by atoms with E-state index in [0.29, 0.717) is 92.5 Å². The molecule has 2 N–H and O–H groups in total. The van der Waals surface area contributed by atoms with Crippen molar-refractivity contribution in [3.63, 3.8) is 0 Å². The lowest BCUT2D eigenvalue weighted by Gasteiger charge is -2.49. The van der Waals surface area contributed by atoms with Crippen molar-refractivity contribution in [2.75, 3.05) is 144 Å². The third-order valence-corrected chi connectivity index (χ3v) is 16.4. The minimum Gasteiger partial charge on any atom is -0.378 e. The van der Waals surface area contributed by atoms with E-state index in [1.165, 1.54) is 6.92 Å². The van der Waals surface area contributed by atoms with E-state index >= 15 is 0 Å². The Hall–Kier alpha value is -2.29. The molecule has 6 rings (SSSR count). The van der Waals surface area contributed by atoms with Crippen LogP contribution >= 0.6 is 60.3 Å². The molecule has 22 nitrogen and oxygen atoms in total. The summed E-state index contributed by atoms with van der Waals surface area (Å²) >= 11 is 4.49. The van der Waals surface area contributed by atoms with Crippen molar-refractivity contribution < 1.29 is 101 Å². The molecule has 26 heteroatoms. The first-order valence-corrected chi connectivity index (χ1v) is 36.6. The topological polar surface area (TPSA) is 225 Å². The number of ether oxygens (including phenoxy) is 15. The van der Waals surface area contributed by atoms with Gasteiger partial charge in [0.25, 0.3) is 0 Å². The van der Waals surface area contributed by atoms with Crippen molar-refractivity contribution in [2.24, 2.45) is 0 Å². The zero-order chi connectivity index (χ0) is 61.7. The van der Waals surface area contributed by atoms with Gasteiger partial charge in [-0.05, 0) is 64.7 Å². The van der Waals surface area contributed by atoms with Gasteiger partial charge in [-0.2, -0.15) is 0 Å². The Bertz CT molecular complexity index is 2310. The van der Waals surface area contributed by atoms with Crippen LogP contribution in [-0.2, 0) is 122 Å². The molecule has 10 unspecified atom stereocenters. The summed E-state index contributed by atoms with van der Waals surface area (Å²) in [5.74, 6) is 1.44. The minimum absolute atomic E-state index is 0.00121. The zero-order valence-corrected chi connectivity index (χ0v) is 55.8. The number of amides is 1. The van der Waals surface area contributed by atoms with Gasteiger partial charge in [0.2, 0.25) is 5.91 Å². The Morgan fingerprint density at radius 2 is 0.818 bits per heavy atom. The highest BCUT2D eigenvalue weighted by Gasteiger charge is 2.54. The van der Waals surface area contributed by atoms with E-state index in [4.69, 9.17) is 90.6 Å². The lowest BCUT2D eigenvalue weighted by molar-refractivity contribution is -0.424. The van der Waals surface area contributed by atoms with Crippen LogP contribution in [0.4, 0.5) is 0 Å². The van der Waals surface area contributed by atoms with E-state index in [0.717, 1.165) is 33.8 Å². The summed E-state index contributed by atoms with van der Waals surface area (Å²) in [6, 6.07) is 37.3.